The molecule has 144 valence electrons. The van der Waals surface area contributed by atoms with Crippen LogP contribution in [0.4, 0.5) is 10.1 Å². The van der Waals surface area contributed by atoms with Gasteiger partial charge in [-0.05, 0) is 48.9 Å². The molecule has 1 heterocycles. The van der Waals surface area contributed by atoms with Crippen molar-refractivity contribution in [3.8, 4) is 0 Å². The summed E-state index contributed by atoms with van der Waals surface area (Å²) in [6.07, 6.45) is 0. The van der Waals surface area contributed by atoms with Gasteiger partial charge in [0.05, 0.1) is 16.2 Å². The second-order valence-corrected chi connectivity index (χ2v) is 8.04. The Hall–Kier alpha value is -2.89. The Kier molecular flexibility index (Phi) is 5.26. The Bertz CT molecular complexity index is 1140. The SMILES string of the molecule is Cc1ccc(C2=C(Sc3ccc(Cl)cc3)C(=O)N(c3ccccc3F)C2=O)cc1. The first-order valence-corrected chi connectivity index (χ1v) is 10.0. The van der Waals surface area contributed by atoms with Gasteiger partial charge in [0, 0.05) is 9.92 Å². The van der Waals surface area contributed by atoms with Crippen LogP contribution in [0.15, 0.2) is 82.6 Å². The number of thioether (sulfide) groups is 1. The van der Waals surface area contributed by atoms with Crippen LogP contribution in [0.5, 0.6) is 0 Å². The molecule has 6 heteroatoms. The smallest absolute Gasteiger partial charge is 0.268 e. The molecule has 0 saturated carbocycles. The monoisotopic (exact) mass is 423 g/mol. The van der Waals surface area contributed by atoms with E-state index in [4.69, 9.17) is 11.6 Å². The van der Waals surface area contributed by atoms with E-state index in [0.29, 0.717) is 10.6 Å². The Morgan fingerprint density at radius 2 is 1.52 bits per heavy atom. The zero-order valence-electron chi connectivity index (χ0n) is 15.4. The topological polar surface area (TPSA) is 37.4 Å². The van der Waals surface area contributed by atoms with Crippen LogP contribution in [0, 0.1) is 12.7 Å². The van der Waals surface area contributed by atoms with Crippen LogP contribution in [-0.2, 0) is 9.59 Å². The van der Waals surface area contributed by atoms with Gasteiger partial charge in [-0.25, -0.2) is 9.29 Å². The summed E-state index contributed by atoms with van der Waals surface area (Å²) in [5, 5.41) is 0.573. The number of hydrogen-bond acceptors (Lipinski definition) is 3. The molecule has 0 aliphatic carbocycles. The zero-order chi connectivity index (χ0) is 20.5. The Balaban J connectivity index is 1.83. The largest absolute Gasteiger partial charge is 0.273 e. The average molecular weight is 424 g/mol. The minimum atomic E-state index is -0.629. The maximum Gasteiger partial charge on any atom is 0.273 e. The number of amides is 2. The molecule has 0 bridgehead atoms. The highest BCUT2D eigenvalue weighted by Gasteiger charge is 2.41. The fraction of sp³-hybridized carbons (Fsp3) is 0.0435. The molecule has 29 heavy (non-hydrogen) atoms. The highest BCUT2D eigenvalue weighted by molar-refractivity contribution is 8.04. The Labute approximate surface area is 176 Å². The number of anilines is 1. The summed E-state index contributed by atoms with van der Waals surface area (Å²) in [5.74, 6) is -1.72. The lowest BCUT2D eigenvalue weighted by Gasteiger charge is -2.15. The van der Waals surface area contributed by atoms with E-state index >= 15 is 0 Å². The van der Waals surface area contributed by atoms with Crippen LogP contribution in [0.3, 0.4) is 0 Å². The predicted octanol–water partition coefficient (Wildman–Crippen LogP) is 5.86. The van der Waals surface area contributed by atoms with Gasteiger partial charge < -0.3 is 0 Å². The molecule has 0 N–H and O–H groups in total. The number of imide groups is 1. The summed E-state index contributed by atoms with van der Waals surface area (Å²) in [7, 11) is 0. The van der Waals surface area contributed by atoms with Gasteiger partial charge in [0.2, 0.25) is 0 Å². The van der Waals surface area contributed by atoms with Crippen molar-refractivity contribution in [2.45, 2.75) is 11.8 Å². The van der Waals surface area contributed by atoms with Gasteiger partial charge in [-0.2, -0.15) is 0 Å². The number of aryl methyl sites for hydroxylation is 1. The summed E-state index contributed by atoms with van der Waals surface area (Å²) < 4.78 is 14.4. The molecule has 1 aliphatic rings. The number of nitrogens with zero attached hydrogens (tertiary/aromatic N) is 1. The third kappa shape index (κ3) is 3.71. The van der Waals surface area contributed by atoms with Crippen molar-refractivity contribution in [2.24, 2.45) is 0 Å². The van der Waals surface area contributed by atoms with Gasteiger partial charge in [0.1, 0.15) is 5.82 Å². The number of hydrogen-bond donors (Lipinski definition) is 0. The van der Waals surface area contributed by atoms with Crippen LogP contribution in [0.25, 0.3) is 5.57 Å². The van der Waals surface area contributed by atoms with E-state index in [-0.39, 0.29) is 16.2 Å². The molecule has 0 atom stereocenters. The van der Waals surface area contributed by atoms with Crippen LogP contribution < -0.4 is 4.90 Å². The van der Waals surface area contributed by atoms with E-state index < -0.39 is 17.6 Å². The molecule has 0 fully saturated rings. The molecule has 3 nitrogen and oxygen atoms in total. The number of benzene rings is 3. The van der Waals surface area contributed by atoms with Crippen LogP contribution in [0.2, 0.25) is 5.02 Å². The van der Waals surface area contributed by atoms with E-state index in [1.807, 2.05) is 19.1 Å². The second kappa shape index (κ2) is 7.85. The molecular weight excluding hydrogens is 409 g/mol. The maximum atomic E-state index is 14.4. The van der Waals surface area contributed by atoms with Crippen molar-refractivity contribution in [3.63, 3.8) is 0 Å². The predicted molar refractivity (Wildman–Crippen MR) is 114 cm³/mol. The lowest BCUT2D eigenvalue weighted by molar-refractivity contribution is -0.119. The zero-order valence-corrected chi connectivity index (χ0v) is 16.9. The van der Waals surface area contributed by atoms with Crippen molar-refractivity contribution in [3.05, 3.63) is 99.7 Å². The maximum absolute atomic E-state index is 14.4. The summed E-state index contributed by atoms with van der Waals surface area (Å²) in [4.78, 5) is 28.4. The summed E-state index contributed by atoms with van der Waals surface area (Å²) in [5.41, 5.74) is 1.85. The second-order valence-electron chi connectivity index (χ2n) is 6.52. The number of halogens is 2. The quantitative estimate of drug-likeness (QED) is 0.493. The van der Waals surface area contributed by atoms with E-state index in [9.17, 15) is 14.0 Å². The molecule has 2 amide bonds. The fourth-order valence-electron chi connectivity index (χ4n) is 3.05. The van der Waals surface area contributed by atoms with Gasteiger partial charge in [-0.3, -0.25) is 9.59 Å². The van der Waals surface area contributed by atoms with Crippen LogP contribution in [-0.4, -0.2) is 11.8 Å². The third-order valence-electron chi connectivity index (χ3n) is 4.51. The molecule has 0 aromatic heterocycles. The molecule has 0 unspecified atom stereocenters. The van der Waals surface area contributed by atoms with Crippen LogP contribution >= 0.6 is 23.4 Å². The number of rotatable bonds is 4. The van der Waals surface area contributed by atoms with E-state index in [1.165, 1.54) is 30.0 Å². The molecule has 3 aromatic rings. The molecule has 0 spiro atoms. The first kappa shape index (κ1) is 19.4. The standard InChI is InChI=1S/C23H15ClFNO2S/c1-14-6-8-15(9-7-14)20-21(29-17-12-10-16(24)11-13-17)23(28)26(22(20)27)19-5-3-2-4-18(19)25/h2-13H,1H3. The minimum Gasteiger partial charge on any atom is -0.268 e. The fourth-order valence-corrected chi connectivity index (χ4v) is 4.17. The highest BCUT2D eigenvalue weighted by Crippen LogP contribution is 2.42. The van der Waals surface area contributed by atoms with E-state index in [2.05, 4.69) is 0 Å². The first-order valence-electron chi connectivity index (χ1n) is 8.84. The van der Waals surface area contributed by atoms with Crippen LogP contribution in [0.1, 0.15) is 11.1 Å². The average Bonchev–Trinajstić information content (AvgIpc) is 2.95. The van der Waals surface area contributed by atoms with Gasteiger partial charge in [-0.15, -0.1) is 0 Å². The molecule has 1 aliphatic heterocycles. The van der Waals surface area contributed by atoms with Gasteiger partial charge in [0.15, 0.2) is 0 Å². The molecule has 4 rings (SSSR count). The number of para-hydroxylation sites is 1. The first-order chi connectivity index (χ1) is 14.0. The van der Waals surface area contributed by atoms with Crippen molar-refractivity contribution in [1.29, 1.82) is 0 Å². The Morgan fingerprint density at radius 3 is 2.17 bits per heavy atom. The van der Waals surface area contributed by atoms with Gasteiger partial charge in [0.25, 0.3) is 11.8 Å². The molecule has 0 radical (unpaired) electrons. The normalized spacial score (nSPS) is 14.1. The summed E-state index contributed by atoms with van der Waals surface area (Å²) >= 11 is 7.12. The highest BCUT2D eigenvalue weighted by atomic mass is 35.5. The molecule has 0 saturated heterocycles. The lowest BCUT2D eigenvalue weighted by atomic mass is 10.0. The number of carbonyl (C=O) groups excluding carboxylic acids is 2. The lowest BCUT2D eigenvalue weighted by Crippen LogP contribution is -2.32. The van der Waals surface area contributed by atoms with E-state index in [1.54, 1.807) is 42.5 Å². The molecular formula is C23H15ClFNO2S. The van der Waals surface area contributed by atoms with Gasteiger partial charge in [-0.1, -0.05) is 65.3 Å². The summed E-state index contributed by atoms with van der Waals surface area (Å²) in [6, 6.07) is 20.1. The van der Waals surface area contributed by atoms with Gasteiger partial charge >= 0.3 is 0 Å². The van der Waals surface area contributed by atoms with Crippen molar-refractivity contribution in [2.75, 3.05) is 4.90 Å². The van der Waals surface area contributed by atoms with E-state index in [0.717, 1.165) is 15.4 Å². The third-order valence-corrected chi connectivity index (χ3v) is 5.85. The van der Waals surface area contributed by atoms with Crippen molar-refractivity contribution >= 4 is 46.4 Å². The number of carbonyl (C=O) groups is 2. The van der Waals surface area contributed by atoms with Crippen molar-refractivity contribution < 1.29 is 14.0 Å². The Morgan fingerprint density at radius 1 is 0.862 bits per heavy atom. The minimum absolute atomic E-state index is 0.0567. The van der Waals surface area contributed by atoms with Crippen molar-refractivity contribution in [1.82, 2.24) is 0 Å². The molecule has 3 aromatic carbocycles. The summed E-state index contributed by atoms with van der Waals surface area (Å²) in [6.45, 7) is 1.94.